The summed E-state index contributed by atoms with van der Waals surface area (Å²) in [6, 6.07) is 13.7. The van der Waals surface area contributed by atoms with Gasteiger partial charge < -0.3 is 30.0 Å². The first-order valence-corrected chi connectivity index (χ1v) is 11.3. The highest BCUT2D eigenvalue weighted by molar-refractivity contribution is 5.97. The molecule has 0 aromatic heterocycles. The Labute approximate surface area is 214 Å². The van der Waals surface area contributed by atoms with E-state index in [9.17, 15) is 29.1 Å². The quantitative estimate of drug-likeness (QED) is 0.224. The second kappa shape index (κ2) is 13.7. The van der Waals surface area contributed by atoms with Gasteiger partial charge in [0.15, 0.2) is 12.0 Å². The maximum Gasteiger partial charge on any atom is 0.328 e. The molecule has 0 spiro atoms. The number of rotatable bonds is 11. The summed E-state index contributed by atoms with van der Waals surface area (Å²) in [5.41, 5.74) is 0.718. The van der Waals surface area contributed by atoms with Gasteiger partial charge in [-0.3, -0.25) is 19.2 Å². The highest BCUT2D eigenvalue weighted by Gasteiger charge is 2.43. The summed E-state index contributed by atoms with van der Waals surface area (Å²) in [5, 5.41) is 16.0. The second-order valence-corrected chi connectivity index (χ2v) is 8.07. The van der Waals surface area contributed by atoms with Gasteiger partial charge in [-0.25, -0.2) is 4.79 Å². The van der Waals surface area contributed by atoms with Crippen molar-refractivity contribution in [3.63, 3.8) is 0 Å². The first-order valence-electron chi connectivity index (χ1n) is 11.3. The number of hydrogen-bond donors (Lipinski definition) is 3. The zero-order valence-electron chi connectivity index (χ0n) is 20.9. The van der Waals surface area contributed by atoms with Gasteiger partial charge in [-0.2, -0.15) is 0 Å². The van der Waals surface area contributed by atoms with Gasteiger partial charge in [-0.05, 0) is 17.7 Å². The van der Waals surface area contributed by atoms with Crippen LogP contribution in [-0.2, 0) is 33.4 Å². The molecule has 0 saturated carbocycles. The number of esters is 3. The van der Waals surface area contributed by atoms with Crippen molar-refractivity contribution in [2.75, 3.05) is 21.3 Å². The zero-order valence-corrected chi connectivity index (χ0v) is 20.9. The van der Waals surface area contributed by atoms with Gasteiger partial charge in [0.1, 0.15) is 6.04 Å². The van der Waals surface area contributed by atoms with Crippen molar-refractivity contribution in [3.05, 3.63) is 71.8 Å². The van der Waals surface area contributed by atoms with Crippen molar-refractivity contribution in [1.29, 1.82) is 0 Å². The molecule has 0 aliphatic heterocycles. The topological polar surface area (TPSA) is 157 Å². The predicted molar refractivity (Wildman–Crippen MR) is 130 cm³/mol. The van der Waals surface area contributed by atoms with Crippen molar-refractivity contribution in [2.24, 2.45) is 11.8 Å². The molecule has 0 fully saturated rings. The Morgan fingerprint density at radius 3 is 1.70 bits per heavy atom. The number of nitrogens with one attached hydrogen (secondary N) is 2. The van der Waals surface area contributed by atoms with Gasteiger partial charge in [-0.15, -0.1) is 0 Å². The summed E-state index contributed by atoms with van der Waals surface area (Å²) >= 11 is 0. The van der Waals surface area contributed by atoms with Gasteiger partial charge >= 0.3 is 17.9 Å². The lowest BCUT2D eigenvalue weighted by atomic mass is 9.87. The molecule has 11 heteroatoms. The molecule has 0 aliphatic carbocycles. The fourth-order valence-corrected chi connectivity index (χ4v) is 3.71. The van der Waals surface area contributed by atoms with Gasteiger partial charge in [-0.1, -0.05) is 55.5 Å². The summed E-state index contributed by atoms with van der Waals surface area (Å²) < 4.78 is 14.1. The highest BCUT2D eigenvalue weighted by atomic mass is 16.5. The van der Waals surface area contributed by atoms with Crippen LogP contribution in [0.2, 0.25) is 0 Å². The van der Waals surface area contributed by atoms with Crippen LogP contribution in [0, 0.1) is 11.8 Å². The van der Waals surface area contributed by atoms with Crippen LogP contribution in [-0.4, -0.2) is 68.3 Å². The van der Waals surface area contributed by atoms with E-state index in [0.29, 0.717) is 11.1 Å². The van der Waals surface area contributed by atoms with Crippen molar-refractivity contribution in [1.82, 2.24) is 10.6 Å². The summed E-state index contributed by atoms with van der Waals surface area (Å²) in [7, 11) is 3.17. The van der Waals surface area contributed by atoms with Crippen LogP contribution in [0.15, 0.2) is 60.7 Å². The van der Waals surface area contributed by atoms with Crippen LogP contribution >= 0.6 is 0 Å². The molecule has 0 saturated heterocycles. The molecule has 0 heterocycles. The van der Waals surface area contributed by atoms with E-state index in [4.69, 9.17) is 4.74 Å². The molecule has 2 aromatic rings. The highest BCUT2D eigenvalue weighted by Crippen LogP contribution is 2.22. The van der Waals surface area contributed by atoms with E-state index in [2.05, 4.69) is 20.1 Å². The van der Waals surface area contributed by atoms with E-state index in [1.807, 2.05) is 0 Å². The van der Waals surface area contributed by atoms with Crippen molar-refractivity contribution >= 4 is 29.7 Å². The van der Waals surface area contributed by atoms with Gasteiger partial charge in [0.25, 0.3) is 11.8 Å². The first kappa shape index (κ1) is 29.0. The largest absolute Gasteiger partial charge is 0.468 e. The Hall–Kier alpha value is -4.25. The van der Waals surface area contributed by atoms with Crippen LogP contribution in [0.4, 0.5) is 0 Å². The lowest BCUT2D eigenvalue weighted by Crippen LogP contribution is -2.55. The van der Waals surface area contributed by atoms with Crippen LogP contribution in [0.1, 0.15) is 28.9 Å². The summed E-state index contributed by atoms with van der Waals surface area (Å²) in [6.07, 6.45) is -1.87. The molecule has 198 valence electrons. The Balaban J connectivity index is 2.35. The molecule has 2 aromatic carbocycles. The Morgan fingerprint density at radius 1 is 0.730 bits per heavy atom. The number of methoxy groups -OCH3 is 3. The molecule has 0 bridgehead atoms. The van der Waals surface area contributed by atoms with Gasteiger partial charge in [0, 0.05) is 11.5 Å². The molecule has 11 nitrogen and oxygen atoms in total. The Morgan fingerprint density at radius 2 is 1.22 bits per heavy atom. The normalized spacial score (nSPS) is 13.9. The number of carbonyl (C=O) groups is 5. The van der Waals surface area contributed by atoms with Crippen LogP contribution in [0.3, 0.4) is 0 Å². The predicted octanol–water partition coefficient (Wildman–Crippen LogP) is 0.775. The fourth-order valence-electron chi connectivity index (χ4n) is 3.71. The molecule has 3 N–H and O–H groups in total. The molecule has 2 amide bonds. The second-order valence-electron chi connectivity index (χ2n) is 8.07. The molecule has 4 atom stereocenters. The third-order valence-electron chi connectivity index (χ3n) is 5.78. The number of ether oxygens (including phenoxy) is 3. The first-order chi connectivity index (χ1) is 17.7. The summed E-state index contributed by atoms with van der Waals surface area (Å²) in [4.78, 5) is 63.0. The maximum atomic E-state index is 13.2. The summed E-state index contributed by atoms with van der Waals surface area (Å²) in [6.45, 7) is 1.35. The minimum Gasteiger partial charge on any atom is -0.468 e. The SMILES string of the molecule is COC(=O)C(C(=O)OC)[C@H](C)[C@@H](NC(=O)[C@H](O)[C@@H](NC(=O)c1ccccc1)c1ccccc1)C(=O)OC. The molecule has 0 aliphatic rings. The van der Waals surface area contributed by atoms with Crippen LogP contribution in [0.5, 0.6) is 0 Å². The molecular weight excluding hydrogens is 484 g/mol. The van der Waals surface area contributed by atoms with Crippen LogP contribution in [0.25, 0.3) is 0 Å². The Kier molecular flexibility index (Phi) is 10.8. The molecular formula is C26H30N2O9. The number of hydrogen-bond acceptors (Lipinski definition) is 9. The number of benzene rings is 2. The third-order valence-corrected chi connectivity index (χ3v) is 5.78. The molecule has 37 heavy (non-hydrogen) atoms. The zero-order chi connectivity index (χ0) is 27.5. The molecule has 0 radical (unpaired) electrons. The van der Waals surface area contributed by atoms with Gasteiger partial charge in [0.2, 0.25) is 0 Å². The number of aliphatic hydroxyl groups is 1. The third kappa shape index (κ3) is 7.37. The lowest BCUT2D eigenvalue weighted by molar-refractivity contribution is -0.164. The standard InChI is InChI=1S/C26H30N2O9/c1-15(18(24(32)35-2)25(33)36-3)19(26(34)37-4)27-23(31)21(29)20(16-11-7-5-8-12-16)28-22(30)17-13-9-6-10-14-17/h5-15,18-21,29H,1-4H3,(H,27,31)(H,28,30)/t15-,19+,20-,21+/m0/s1. The molecule has 0 unspecified atom stereocenters. The Bertz CT molecular complexity index is 1080. The van der Waals surface area contributed by atoms with E-state index < -0.39 is 59.7 Å². The smallest absolute Gasteiger partial charge is 0.328 e. The average molecular weight is 515 g/mol. The van der Waals surface area contributed by atoms with E-state index in [1.54, 1.807) is 60.7 Å². The number of carbonyl (C=O) groups excluding carboxylic acids is 5. The van der Waals surface area contributed by atoms with Crippen molar-refractivity contribution in [3.8, 4) is 0 Å². The average Bonchev–Trinajstić information content (AvgIpc) is 2.94. The molecule has 2 rings (SSSR count). The van der Waals surface area contributed by atoms with E-state index in [1.165, 1.54) is 6.92 Å². The van der Waals surface area contributed by atoms with Crippen molar-refractivity contribution in [2.45, 2.75) is 25.1 Å². The lowest BCUT2D eigenvalue weighted by Gasteiger charge is -2.29. The summed E-state index contributed by atoms with van der Waals surface area (Å²) in [5.74, 6) is -7.30. The minimum absolute atomic E-state index is 0.302. The maximum absolute atomic E-state index is 13.2. The van der Waals surface area contributed by atoms with Gasteiger partial charge in [0.05, 0.1) is 27.4 Å². The van der Waals surface area contributed by atoms with E-state index >= 15 is 0 Å². The van der Waals surface area contributed by atoms with Crippen molar-refractivity contribution < 1.29 is 43.3 Å². The van der Waals surface area contributed by atoms with E-state index in [-0.39, 0.29) is 0 Å². The number of aliphatic hydroxyl groups excluding tert-OH is 1. The number of amides is 2. The fraction of sp³-hybridized carbons (Fsp3) is 0.346. The van der Waals surface area contributed by atoms with Crippen LogP contribution < -0.4 is 10.6 Å². The monoisotopic (exact) mass is 514 g/mol. The minimum atomic E-state index is -1.87. The van der Waals surface area contributed by atoms with E-state index in [0.717, 1.165) is 21.3 Å².